The highest BCUT2D eigenvalue weighted by Gasteiger charge is 2.34. The maximum Gasteiger partial charge on any atom is 0.264 e. The number of amides is 2. The number of benzene rings is 3. The van der Waals surface area contributed by atoms with Crippen LogP contribution in [0, 0.1) is 0 Å². The number of nitrogens with one attached hydrogen (secondary N) is 1. The average molecular weight is 588 g/mol. The van der Waals surface area contributed by atoms with Gasteiger partial charge in [0.15, 0.2) is 0 Å². The SMILES string of the molecule is CCNC(=O)[C@@H](CC)N(Cc1cccc(OC)c1)C(=O)CN(c1cc(Cl)ccc1OC)S(=O)(=O)c1ccccc1. The molecule has 1 N–H and O–H groups in total. The predicted octanol–water partition coefficient (Wildman–Crippen LogP) is 4.50. The molecule has 40 heavy (non-hydrogen) atoms. The summed E-state index contributed by atoms with van der Waals surface area (Å²) in [5, 5.41) is 3.04. The van der Waals surface area contributed by atoms with E-state index in [4.69, 9.17) is 21.1 Å². The molecule has 0 fully saturated rings. The van der Waals surface area contributed by atoms with Crippen LogP contribution in [0.2, 0.25) is 5.02 Å². The molecule has 0 spiro atoms. The molecular formula is C29H34ClN3O6S. The summed E-state index contributed by atoms with van der Waals surface area (Å²) in [5.41, 5.74) is 0.813. The van der Waals surface area contributed by atoms with Crippen molar-refractivity contribution in [2.45, 2.75) is 37.8 Å². The van der Waals surface area contributed by atoms with Gasteiger partial charge in [-0.15, -0.1) is 0 Å². The number of anilines is 1. The topological polar surface area (TPSA) is 105 Å². The van der Waals surface area contributed by atoms with Gasteiger partial charge >= 0.3 is 0 Å². The van der Waals surface area contributed by atoms with Crippen molar-refractivity contribution in [1.29, 1.82) is 0 Å². The highest BCUT2D eigenvalue weighted by molar-refractivity contribution is 7.92. The molecule has 0 heterocycles. The van der Waals surface area contributed by atoms with Crippen molar-refractivity contribution in [3.63, 3.8) is 0 Å². The lowest BCUT2D eigenvalue weighted by Gasteiger charge is -2.33. The molecule has 0 saturated heterocycles. The van der Waals surface area contributed by atoms with Gasteiger partial charge < -0.3 is 19.7 Å². The Morgan fingerprint density at radius 1 is 0.950 bits per heavy atom. The summed E-state index contributed by atoms with van der Waals surface area (Å²) in [4.78, 5) is 28.5. The van der Waals surface area contributed by atoms with E-state index < -0.39 is 28.5 Å². The van der Waals surface area contributed by atoms with E-state index >= 15 is 0 Å². The van der Waals surface area contributed by atoms with E-state index in [1.165, 1.54) is 43.4 Å². The number of halogens is 1. The molecule has 0 radical (unpaired) electrons. The Morgan fingerprint density at radius 2 is 1.68 bits per heavy atom. The molecular weight excluding hydrogens is 554 g/mol. The quantitative estimate of drug-likeness (QED) is 0.316. The molecule has 2 amide bonds. The zero-order valence-electron chi connectivity index (χ0n) is 23.0. The van der Waals surface area contributed by atoms with Crippen molar-refractivity contribution < 1.29 is 27.5 Å². The van der Waals surface area contributed by atoms with Crippen molar-refractivity contribution in [3.8, 4) is 11.5 Å². The fourth-order valence-electron chi connectivity index (χ4n) is 4.27. The van der Waals surface area contributed by atoms with Gasteiger partial charge in [-0.2, -0.15) is 0 Å². The van der Waals surface area contributed by atoms with Crippen LogP contribution in [0.4, 0.5) is 5.69 Å². The third kappa shape index (κ3) is 7.25. The van der Waals surface area contributed by atoms with Crippen LogP contribution in [0.15, 0.2) is 77.7 Å². The zero-order chi connectivity index (χ0) is 29.3. The van der Waals surface area contributed by atoms with Gasteiger partial charge in [0.05, 0.1) is 24.8 Å². The third-order valence-corrected chi connectivity index (χ3v) is 8.25. The summed E-state index contributed by atoms with van der Waals surface area (Å²) in [6, 6.07) is 18.6. The van der Waals surface area contributed by atoms with Gasteiger partial charge in [-0.05, 0) is 61.4 Å². The van der Waals surface area contributed by atoms with Crippen LogP contribution in [0.25, 0.3) is 0 Å². The molecule has 3 aromatic rings. The van der Waals surface area contributed by atoms with Crippen LogP contribution in [0.5, 0.6) is 11.5 Å². The zero-order valence-corrected chi connectivity index (χ0v) is 24.5. The molecule has 3 aromatic carbocycles. The van der Waals surface area contributed by atoms with Crippen LogP contribution >= 0.6 is 11.6 Å². The first kappa shape index (κ1) is 30.8. The lowest BCUT2D eigenvalue weighted by Crippen LogP contribution is -2.52. The van der Waals surface area contributed by atoms with E-state index in [1.807, 2.05) is 6.07 Å². The smallest absolute Gasteiger partial charge is 0.264 e. The van der Waals surface area contributed by atoms with E-state index in [0.29, 0.717) is 24.3 Å². The fourth-order valence-corrected chi connectivity index (χ4v) is 5.87. The van der Waals surface area contributed by atoms with Gasteiger partial charge in [0.2, 0.25) is 11.8 Å². The molecule has 0 bridgehead atoms. The summed E-state index contributed by atoms with van der Waals surface area (Å²) in [6.07, 6.45) is 0.313. The number of hydrogen-bond donors (Lipinski definition) is 1. The van der Waals surface area contributed by atoms with Crippen molar-refractivity contribution in [3.05, 3.63) is 83.4 Å². The van der Waals surface area contributed by atoms with Gasteiger partial charge in [0.1, 0.15) is 24.1 Å². The van der Waals surface area contributed by atoms with E-state index in [0.717, 1.165) is 4.31 Å². The minimum atomic E-state index is -4.25. The molecule has 0 aliphatic rings. The van der Waals surface area contributed by atoms with Crippen LogP contribution in [-0.4, -0.2) is 58.5 Å². The molecule has 0 unspecified atom stereocenters. The predicted molar refractivity (Wildman–Crippen MR) is 155 cm³/mol. The molecule has 0 aromatic heterocycles. The Labute approximate surface area is 240 Å². The molecule has 1 atom stereocenters. The Hall–Kier alpha value is -3.76. The first-order valence-corrected chi connectivity index (χ1v) is 14.6. The Morgan fingerprint density at radius 3 is 2.30 bits per heavy atom. The summed E-state index contributed by atoms with van der Waals surface area (Å²) < 4.78 is 39.6. The first-order valence-electron chi connectivity index (χ1n) is 12.8. The van der Waals surface area contributed by atoms with Crippen LogP contribution in [-0.2, 0) is 26.2 Å². The maximum atomic E-state index is 14.1. The summed E-state index contributed by atoms with van der Waals surface area (Å²) in [5.74, 6) is -0.110. The molecule has 0 aliphatic heterocycles. The Kier molecular flexibility index (Phi) is 10.8. The van der Waals surface area contributed by atoms with E-state index in [1.54, 1.807) is 56.3 Å². The number of likely N-dealkylation sites (N-methyl/N-ethyl adjacent to an activating group) is 1. The summed E-state index contributed by atoms with van der Waals surface area (Å²) in [7, 11) is -1.31. The number of sulfonamides is 1. The third-order valence-electron chi connectivity index (χ3n) is 6.24. The lowest BCUT2D eigenvalue weighted by atomic mass is 10.1. The van der Waals surface area contributed by atoms with Crippen molar-refractivity contribution >= 4 is 39.1 Å². The van der Waals surface area contributed by atoms with E-state index in [9.17, 15) is 18.0 Å². The molecule has 214 valence electrons. The monoisotopic (exact) mass is 587 g/mol. The Bertz CT molecular complexity index is 1420. The molecule has 0 aliphatic carbocycles. The fraction of sp³-hybridized carbons (Fsp3) is 0.310. The van der Waals surface area contributed by atoms with Crippen LogP contribution < -0.4 is 19.1 Å². The van der Waals surface area contributed by atoms with Gasteiger partial charge in [-0.25, -0.2) is 8.42 Å². The highest BCUT2D eigenvalue weighted by atomic mass is 35.5. The van der Waals surface area contributed by atoms with Gasteiger partial charge in [-0.3, -0.25) is 13.9 Å². The number of rotatable bonds is 13. The van der Waals surface area contributed by atoms with Gasteiger partial charge in [-0.1, -0.05) is 48.9 Å². The second-order valence-electron chi connectivity index (χ2n) is 8.83. The standard InChI is InChI=1S/C29H34ClN3O6S/c1-5-25(29(35)31-6-2)32(19-21-11-10-12-23(17-21)38-3)28(34)20-33(26-18-22(30)15-16-27(26)39-4)40(36,37)24-13-8-7-9-14-24/h7-18,25H,5-6,19-20H2,1-4H3,(H,31,35)/t25-/m1/s1. The van der Waals surface area contributed by atoms with Gasteiger partial charge in [0, 0.05) is 18.1 Å². The van der Waals surface area contributed by atoms with Crippen LogP contribution in [0.1, 0.15) is 25.8 Å². The number of nitrogens with zero attached hydrogens (tertiary/aromatic N) is 2. The molecule has 3 rings (SSSR count). The Balaban J connectivity index is 2.12. The number of methoxy groups -OCH3 is 2. The van der Waals surface area contributed by atoms with Gasteiger partial charge in [0.25, 0.3) is 10.0 Å². The molecule has 11 heteroatoms. The number of hydrogen-bond acceptors (Lipinski definition) is 6. The number of carbonyl (C=O) groups excluding carboxylic acids is 2. The first-order chi connectivity index (χ1) is 19.2. The number of carbonyl (C=O) groups is 2. The average Bonchev–Trinajstić information content (AvgIpc) is 2.96. The number of ether oxygens (including phenoxy) is 2. The minimum Gasteiger partial charge on any atom is -0.497 e. The normalized spacial score (nSPS) is 11.8. The minimum absolute atomic E-state index is 0.0139. The highest BCUT2D eigenvalue weighted by Crippen LogP contribution is 2.35. The van der Waals surface area contributed by atoms with Crippen molar-refractivity contribution in [2.24, 2.45) is 0 Å². The van der Waals surface area contributed by atoms with E-state index in [-0.39, 0.29) is 33.8 Å². The van der Waals surface area contributed by atoms with Crippen molar-refractivity contribution in [2.75, 3.05) is 31.6 Å². The molecule has 0 saturated carbocycles. The lowest BCUT2D eigenvalue weighted by molar-refractivity contribution is -0.140. The van der Waals surface area contributed by atoms with E-state index in [2.05, 4.69) is 5.32 Å². The largest absolute Gasteiger partial charge is 0.497 e. The second kappa shape index (κ2) is 14.0. The van der Waals surface area contributed by atoms with Crippen molar-refractivity contribution in [1.82, 2.24) is 10.2 Å². The second-order valence-corrected chi connectivity index (χ2v) is 11.1. The maximum absolute atomic E-state index is 14.1. The molecule has 9 nitrogen and oxygen atoms in total. The summed E-state index contributed by atoms with van der Waals surface area (Å²) >= 11 is 6.26. The summed E-state index contributed by atoms with van der Waals surface area (Å²) in [6.45, 7) is 3.42. The van der Waals surface area contributed by atoms with Crippen LogP contribution in [0.3, 0.4) is 0 Å².